The molecule has 0 saturated carbocycles. The van der Waals surface area contributed by atoms with Crippen molar-refractivity contribution in [3.63, 3.8) is 0 Å². The third kappa shape index (κ3) is 4.01. The van der Waals surface area contributed by atoms with Crippen molar-refractivity contribution in [3.8, 4) is 0 Å². The zero-order valence-electron chi connectivity index (χ0n) is 10.00. The molecule has 0 heterocycles. The summed E-state index contributed by atoms with van der Waals surface area (Å²) in [6.45, 7) is 5.17. The molecule has 0 radical (unpaired) electrons. The fraction of sp³-hybridized carbons (Fsp3) is 0.800. The number of hydrogen-bond donors (Lipinski definition) is 0. The summed E-state index contributed by atoms with van der Waals surface area (Å²) in [5.41, 5.74) is -1.35. The highest BCUT2D eigenvalue weighted by molar-refractivity contribution is 6.49. The molecule has 0 aromatic carbocycles. The van der Waals surface area contributed by atoms with E-state index in [9.17, 15) is 9.59 Å². The normalized spacial score (nSPS) is 13.0. The largest absolute Gasteiger partial charge is 0.464 e. The molecular formula is C10H16Cl2O5. The van der Waals surface area contributed by atoms with Crippen molar-refractivity contribution in [1.82, 2.24) is 0 Å². The van der Waals surface area contributed by atoms with Crippen molar-refractivity contribution in [2.75, 3.05) is 19.8 Å². The van der Waals surface area contributed by atoms with Crippen LogP contribution in [0.15, 0.2) is 0 Å². The molecule has 1 atom stereocenters. The van der Waals surface area contributed by atoms with Crippen LogP contribution in [0.2, 0.25) is 0 Å². The van der Waals surface area contributed by atoms with Crippen LogP contribution in [0.25, 0.3) is 0 Å². The Bertz CT molecular complexity index is 251. The Morgan fingerprint density at radius 1 is 1.06 bits per heavy atom. The molecule has 0 amide bonds. The SMILES string of the molecule is CCOC(=O)C(Cl)(C(=O)OCC)C(Cl)OCC. The van der Waals surface area contributed by atoms with Gasteiger partial charge in [0.2, 0.25) is 0 Å². The zero-order valence-corrected chi connectivity index (χ0v) is 11.5. The number of carbonyl (C=O) groups excluding carboxylic acids is 2. The quantitative estimate of drug-likeness (QED) is 0.405. The summed E-state index contributed by atoms with van der Waals surface area (Å²) in [7, 11) is 0. The fourth-order valence-corrected chi connectivity index (χ4v) is 1.48. The summed E-state index contributed by atoms with van der Waals surface area (Å²) < 4.78 is 14.4. The molecule has 0 N–H and O–H groups in total. The predicted molar refractivity (Wildman–Crippen MR) is 63.1 cm³/mol. The van der Waals surface area contributed by atoms with Gasteiger partial charge in [0.1, 0.15) is 0 Å². The highest BCUT2D eigenvalue weighted by atomic mass is 35.5. The first-order chi connectivity index (χ1) is 7.94. The van der Waals surface area contributed by atoms with E-state index < -0.39 is 22.4 Å². The highest BCUT2D eigenvalue weighted by Crippen LogP contribution is 2.29. The summed E-state index contributed by atoms with van der Waals surface area (Å²) >= 11 is 11.7. The summed E-state index contributed by atoms with van der Waals surface area (Å²) in [5.74, 6) is -1.96. The minimum Gasteiger partial charge on any atom is -0.464 e. The lowest BCUT2D eigenvalue weighted by Crippen LogP contribution is -2.52. The van der Waals surface area contributed by atoms with Gasteiger partial charge in [0.15, 0.2) is 5.56 Å². The van der Waals surface area contributed by atoms with Gasteiger partial charge in [-0.3, -0.25) is 0 Å². The van der Waals surface area contributed by atoms with E-state index in [-0.39, 0.29) is 19.8 Å². The van der Waals surface area contributed by atoms with E-state index in [0.29, 0.717) is 0 Å². The molecule has 0 saturated heterocycles. The molecule has 100 valence electrons. The Hall–Kier alpha value is -0.520. The molecule has 0 bridgehead atoms. The van der Waals surface area contributed by atoms with Crippen molar-refractivity contribution < 1.29 is 23.8 Å². The lowest BCUT2D eigenvalue weighted by molar-refractivity contribution is -0.163. The molecule has 0 fully saturated rings. The van der Waals surface area contributed by atoms with E-state index in [1.54, 1.807) is 20.8 Å². The van der Waals surface area contributed by atoms with Crippen LogP contribution in [0.4, 0.5) is 0 Å². The summed E-state index contributed by atoms with van der Waals surface area (Å²) in [6.07, 6.45) is 0. The average Bonchev–Trinajstić information content (AvgIpc) is 2.28. The number of alkyl halides is 2. The highest BCUT2D eigenvalue weighted by Gasteiger charge is 2.54. The molecule has 0 rings (SSSR count). The van der Waals surface area contributed by atoms with Gasteiger partial charge in [-0.15, -0.1) is 0 Å². The monoisotopic (exact) mass is 286 g/mol. The van der Waals surface area contributed by atoms with E-state index in [1.807, 2.05) is 0 Å². The predicted octanol–water partition coefficient (Wildman–Crippen LogP) is 1.69. The summed E-state index contributed by atoms with van der Waals surface area (Å²) in [6, 6.07) is 0. The van der Waals surface area contributed by atoms with Crippen LogP contribution < -0.4 is 0 Å². The van der Waals surface area contributed by atoms with Crippen LogP contribution in [-0.4, -0.2) is 42.2 Å². The fourth-order valence-electron chi connectivity index (χ4n) is 1.00. The Kier molecular flexibility index (Phi) is 7.50. The standard InChI is InChI=1S/C10H16Cl2O5/c1-4-15-7(11)10(12,8(13)16-5-2)9(14)17-6-3/h7H,4-6H2,1-3H3. The van der Waals surface area contributed by atoms with Gasteiger partial charge in [-0.1, -0.05) is 23.2 Å². The third-order valence-electron chi connectivity index (χ3n) is 1.77. The lowest BCUT2D eigenvalue weighted by Gasteiger charge is -2.26. The van der Waals surface area contributed by atoms with Crippen LogP contribution in [0.1, 0.15) is 20.8 Å². The maximum absolute atomic E-state index is 11.7. The molecule has 0 aromatic rings. The number of ether oxygens (including phenoxy) is 3. The van der Waals surface area contributed by atoms with Crippen molar-refractivity contribution in [3.05, 3.63) is 0 Å². The second-order valence-electron chi connectivity index (χ2n) is 2.92. The van der Waals surface area contributed by atoms with Crippen LogP contribution in [-0.2, 0) is 23.8 Å². The Balaban J connectivity index is 5.04. The van der Waals surface area contributed by atoms with Gasteiger partial charge in [0, 0.05) is 6.61 Å². The zero-order chi connectivity index (χ0) is 13.5. The number of halogens is 2. The Labute approximate surface area is 110 Å². The van der Waals surface area contributed by atoms with Gasteiger partial charge < -0.3 is 14.2 Å². The molecule has 0 aliphatic rings. The number of rotatable bonds is 7. The minimum atomic E-state index is -2.18. The van der Waals surface area contributed by atoms with Crippen LogP contribution in [0.3, 0.4) is 0 Å². The van der Waals surface area contributed by atoms with Crippen LogP contribution in [0.5, 0.6) is 0 Å². The molecular weight excluding hydrogens is 271 g/mol. The van der Waals surface area contributed by atoms with Gasteiger partial charge in [0.05, 0.1) is 13.2 Å². The minimum absolute atomic E-state index is 0.0719. The number of hydrogen-bond acceptors (Lipinski definition) is 5. The first kappa shape index (κ1) is 16.5. The van der Waals surface area contributed by atoms with E-state index in [0.717, 1.165) is 0 Å². The van der Waals surface area contributed by atoms with Crippen LogP contribution >= 0.6 is 23.2 Å². The third-order valence-corrected chi connectivity index (χ3v) is 2.84. The smallest absolute Gasteiger partial charge is 0.343 e. The van der Waals surface area contributed by atoms with Gasteiger partial charge in [-0.2, -0.15) is 0 Å². The maximum Gasteiger partial charge on any atom is 0.343 e. The average molecular weight is 287 g/mol. The van der Waals surface area contributed by atoms with E-state index in [1.165, 1.54) is 0 Å². The second kappa shape index (κ2) is 7.74. The molecule has 0 aliphatic heterocycles. The molecule has 0 aromatic heterocycles. The summed E-state index contributed by atoms with van der Waals surface area (Å²) in [4.78, 5) is 21.2. The first-order valence-electron chi connectivity index (χ1n) is 5.24. The molecule has 17 heavy (non-hydrogen) atoms. The van der Waals surface area contributed by atoms with Crippen molar-refractivity contribution >= 4 is 35.1 Å². The lowest BCUT2D eigenvalue weighted by atomic mass is 10.1. The second-order valence-corrected chi connectivity index (χ2v) is 3.92. The number of carbonyl (C=O) groups is 2. The Morgan fingerprint density at radius 3 is 1.76 bits per heavy atom. The molecule has 7 heteroatoms. The molecule has 1 unspecified atom stereocenters. The summed E-state index contributed by atoms with van der Waals surface area (Å²) in [5, 5.41) is 0. The molecule has 5 nitrogen and oxygen atoms in total. The van der Waals surface area contributed by atoms with Gasteiger partial charge in [0.25, 0.3) is 4.87 Å². The molecule has 0 spiro atoms. The number of esters is 2. The van der Waals surface area contributed by atoms with Gasteiger partial charge in [-0.05, 0) is 20.8 Å². The van der Waals surface area contributed by atoms with E-state index >= 15 is 0 Å². The van der Waals surface area contributed by atoms with Crippen molar-refractivity contribution in [1.29, 1.82) is 0 Å². The topological polar surface area (TPSA) is 61.8 Å². The van der Waals surface area contributed by atoms with E-state index in [4.69, 9.17) is 37.4 Å². The van der Waals surface area contributed by atoms with Crippen molar-refractivity contribution in [2.45, 2.75) is 31.2 Å². The van der Waals surface area contributed by atoms with Gasteiger partial charge in [-0.25, -0.2) is 9.59 Å². The Morgan fingerprint density at radius 2 is 1.47 bits per heavy atom. The van der Waals surface area contributed by atoms with Crippen molar-refractivity contribution in [2.24, 2.45) is 0 Å². The maximum atomic E-state index is 11.7. The van der Waals surface area contributed by atoms with E-state index in [2.05, 4.69) is 0 Å². The van der Waals surface area contributed by atoms with Crippen LogP contribution in [0, 0.1) is 0 Å². The first-order valence-corrected chi connectivity index (χ1v) is 6.05. The van der Waals surface area contributed by atoms with Gasteiger partial charge >= 0.3 is 11.9 Å². The molecule has 0 aliphatic carbocycles.